The number of anilines is 1. The van der Waals surface area contributed by atoms with E-state index in [0.29, 0.717) is 11.6 Å². The molecule has 140 valence electrons. The fourth-order valence-corrected chi connectivity index (χ4v) is 3.53. The predicted molar refractivity (Wildman–Crippen MR) is 114 cm³/mol. The SMILES string of the molecule is C=C/C(Cl)=C\C(=C)c1cccc(C2CNC(=O)N2c2ccc3nc[nH]c3c2)c1. The molecule has 0 spiro atoms. The van der Waals surface area contributed by atoms with E-state index in [1.165, 1.54) is 0 Å². The molecule has 2 N–H and O–H groups in total. The van der Waals surface area contributed by atoms with Crippen molar-refractivity contribution in [3.8, 4) is 0 Å². The molecule has 1 aromatic heterocycles. The molecule has 0 radical (unpaired) electrons. The van der Waals surface area contributed by atoms with Crippen molar-refractivity contribution in [2.24, 2.45) is 0 Å². The van der Waals surface area contributed by atoms with E-state index < -0.39 is 0 Å². The Hall–Kier alpha value is -3.31. The third kappa shape index (κ3) is 3.32. The minimum atomic E-state index is -0.125. The Bertz CT molecular complexity index is 1110. The van der Waals surface area contributed by atoms with Gasteiger partial charge < -0.3 is 10.3 Å². The van der Waals surface area contributed by atoms with Gasteiger partial charge in [-0.25, -0.2) is 9.78 Å². The number of carbonyl (C=O) groups excluding carboxylic acids is 1. The van der Waals surface area contributed by atoms with E-state index in [-0.39, 0.29) is 12.1 Å². The Morgan fingerprint density at radius 3 is 2.96 bits per heavy atom. The van der Waals surface area contributed by atoms with Crippen LogP contribution in [0.4, 0.5) is 10.5 Å². The van der Waals surface area contributed by atoms with Crippen molar-refractivity contribution in [2.75, 3.05) is 11.4 Å². The van der Waals surface area contributed by atoms with Crippen molar-refractivity contribution < 1.29 is 4.79 Å². The zero-order chi connectivity index (χ0) is 19.7. The van der Waals surface area contributed by atoms with Gasteiger partial charge in [-0.15, -0.1) is 0 Å². The summed E-state index contributed by atoms with van der Waals surface area (Å²) >= 11 is 6.05. The standard InChI is InChI=1S/C22H19ClN4O/c1-3-17(23)9-14(2)15-5-4-6-16(10-15)21-12-24-22(28)27(21)18-7-8-19-20(11-18)26-13-25-19/h3-11,13,21H,1-2,12H2,(H,24,28)(H,25,26)/b17-9+. The molecule has 3 aromatic rings. The number of amides is 2. The Morgan fingerprint density at radius 1 is 1.29 bits per heavy atom. The number of nitrogens with zero attached hydrogens (tertiary/aromatic N) is 2. The first-order chi connectivity index (χ1) is 13.6. The fourth-order valence-electron chi connectivity index (χ4n) is 3.39. The molecule has 2 aromatic carbocycles. The summed E-state index contributed by atoms with van der Waals surface area (Å²) in [5, 5.41) is 3.47. The Morgan fingerprint density at radius 2 is 2.14 bits per heavy atom. The molecule has 4 rings (SSSR count). The quantitative estimate of drug-likeness (QED) is 0.591. The van der Waals surface area contributed by atoms with Gasteiger partial charge in [-0.05, 0) is 47.0 Å². The van der Waals surface area contributed by atoms with Crippen LogP contribution in [-0.4, -0.2) is 22.5 Å². The molecule has 1 aliphatic rings. The van der Waals surface area contributed by atoms with Gasteiger partial charge in [-0.3, -0.25) is 4.90 Å². The smallest absolute Gasteiger partial charge is 0.322 e. The average Bonchev–Trinajstić information content (AvgIpc) is 3.33. The second kappa shape index (κ2) is 7.37. The third-order valence-corrected chi connectivity index (χ3v) is 5.07. The van der Waals surface area contributed by atoms with E-state index in [1.807, 2.05) is 42.5 Å². The number of fused-ring (bicyclic) bond motifs is 1. The zero-order valence-electron chi connectivity index (χ0n) is 15.2. The lowest BCUT2D eigenvalue weighted by molar-refractivity contribution is 0.251. The van der Waals surface area contributed by atoms with Crippen LogP contribution in [0.5, 0.6) is 0 Å². The summed E-state index contributed by atoms with van der Waals surface area (Å²) in [6.07, 6.45) is 4.99. The molecule has 0 bridgehead atoms. The lowest BCUT2D eigenvalue weighted by atomic mass is 9.99. The summed E-state index contributed by atoms with van der Waals surface area (Å²) in [5.41, 5.74) is 5.32. The van der Waals surface area contributed by atoms with Crippen LogP contribution < -0.4 is 10.2 Å². The van der Waals surface area contributed by atoms with Crippen molar-refractivity contribution in [1.29, 1.82) is 0 Å². The number of nitrogens with one attached hydrogen (secondary N) is 2. The van der Waals surface area contributed by atoms with Crippen LogP contribution in [0, 0.1) is 0 Å². The number of hydrogen-bond acceptors (Lipinski definition) is 2. The summed E-state index contributed by atoms with van der Waals surface area (Å²) in [6.45, 7) is 8.27. The van der Waals surface area contributed by atoms with E-state index in [1.54, 1.807) is 23.4 Å². The highest BCUT2D eigenvalue weighted by molar-refractivity contribution is 6.31. The third-order valence-electron chi connectivity index (χ3n) is 4.81. The van der Waals surface area contributed by atoms with Crippen LogP contribution in [0.2, 0.25) is 0 Å². The van der Waals surface area contributed by atoms with E-state index in [2.05, 4.69) is 28.4 Å². The van der Waals surface area contributed by atoms with Crippen LogP contribution >= 0.6 is 11.6 Å². The maximum atomic E-state index is 12.6. The summed E-state index contributed by atoms with van der Waals surface area (Å²) in [4.78, 5) is 21.7. The van der Waals surface area contributed by atoms with E-state index in [0.717, 1.165) is 33.4 Å². The number of aromatic nitrogens is 2. The predicted octanol–water partition coefficient (Wildman–Crippen LogP) is 5.16. The number of allylic oxidation sites excluding steroid dienone is 4. The highest BCUT2D eigenvalue weighted by Crippen LogP contribution is 2.33. The summed E-state index contributed by atoms with van der Waals surface area (Å²) in [7, 11) is 0. The minimum Gasteiger partial charge on any atom is -0.345 e. The molecule has 1 unspecified atom stereocenters. The number of rotatable bonds is 5. The monoisotopic (exact) mass is 390 g/mol. The number of carbonyl (C=O) groups is 1. The molecule has 6 heteroatoms. The number of H-pyrrole nitrogens is 1. The van der Waals surface area contributed by atoms with Crippen molar-refractivity contribution in [3.05, 3.63) is 90.3 Å². The second-order valence-corrected chi connectivity index (χ2v) is 7.00. The fraction of sp³-hybridized carbons (Fsp3) is 0.0909. The van der Waals surface area contributed by atoms with Gasteiger partial charge in [0.05, 0.1) is 23.4 Å². The minimum absolute atomic E-state index is 0.123. The van der Waals surface area contributed by atoms with E-state index in [4.69, 9.17) is 11.6 Å². The summed E-state index contributed by atoms with van der Waals surface area (Å²) in [5.74, 6) is 0. The second-order valence-electron chi connectivity index (χ2n) is 6.56. The lowest BCUT2D eigenvalue weighted by Crippen LogP contribution is -2.29. The molecule has 1 atom stereocenters. The molecule has 1 aliphatic heterocycles. The maximum Gasteiger partial charge on any atom is 0.322 e. The van der Waals surface area contributed by atoms with Crippen molar-refractivity contribution in [3.63, 3.8) is 0 Å². The number of aromatic amines is 1. The summed E-state index contributed by atoms with van der Waals surface area (Å²) < 4.78 is 0. The summed E-state index contributed by atoms with van der Waals surface area (Å²) in [6, 6.07) is 13.5. The van der Waals surface area contributed by atoms with Crippen LogP contribution in [0.3, 0.4) is 0 Å². The van der Waals surface area contributed by atoms with Gasteiger partial charge in [0.25, 0.3) is 0 Å². The van der Waals surface area contributed by atoms with Gasteiger partial charge in [0.1, 0.15) is 0 Å². The maximum absolute atomic E-state index is 12.6. The van der Waals surface area contributed by atoms with Crippen molar-refractivity contribution in [2.45, 2.75) is 6.04 Å². The van der Waals surface area contributed by atoms with Crippen molar-refractivity contribution in [1.82, 2.24) is 15.3 Å². The van der Waals surface area contributed by atoms with Gasteiger partial charge in [-0.2, -0.15) is 0 Å². The molecule has 1 saturated heterocycles. The first-order valence-electron chi connectivity index (χ1n) is 8.86. The molecule has 28 heavy (non-hydrogen) atoms. The number of benzene rings is 2. The highest BCUT2D eigenvalue weighted by atomic mass is 35.5. The Kier molecular flexibility index (Phi) is 4.75. The van der Waals surface area contributed by atoms with Crippen LogP contribution in [0.1, 0.15) is 17.2 Å². The van der Waals surface area contributed by atoms with Crippen molar-refractivity contribution >= 4 is 39.9 Å². The van der Waals surface area contributed by atoms with Gasteiger partial charge in [0.15, 0.2) is 0 Å². The molecule has 0 aliphatic carbocycles. The molecular weight excluding hydrogens is 372 g/mol. The number of halogens is 1. The number of urea groups is 1. The first kappa shape index (κ1) is 18.1. The van der Waals surface area contributed by atoms with Gasteiger partial charge in [0, 0.05) is 17.3 Å². The molecule has 1 fully saturated rings. The molecule has 5 nitrogen and oxygen atoms in total. The van der Waals surface area contributed by atoms with Gasteiger partial charge in [0.2, 0.25) is 0 Å². The Labute approximate surface area is 168 Å². The topological polar surface area (TPSA) is 61.0 Å². The van der Waals surface area contributed by atoms with E-state index >= 15 is 0 Å². The van der Waals surface area contributed by atoms with Gasteiger partial charge >= 0.3 is 6.03 Å². The lowest BCUT2D eigenvalue weighted by Gasteiger charge is -2.24. The molecule has 2 amide bonds. The number of imidazole rings is 1. The normalized spacial score (nSPS) is 17.0. The van der Waals surface area contributed by atoms with Gasteiger partial charge in [-0.1, -0.05) is 49.0 Å². The molecular formula is C22H19ClN4O. The molecule has 0 saturated carbocycles. The Balaban J connectivity index is 1.69. The average molecular weight is 391 g/mol. The number of hydrogen-bond donors (Lipinski definition) is 2. The largest absolute Gasteiger partial charge is 0.345 e. The highest BCUT2D eigenvalue weighted by Gasteiger charge is 2.33. The zero-order valence-corrected chi connectivity index (χ0v) is 15.9. The molecule has 2 heterocycles. The van der Waals surface area contributed by atoms with Crippen LogP contribution in [-0.2, 0) is 0 Å². The van der Waals surface area contributed by atoms with Crippen LogP contribution in [0.25, 0.3) is 16.6 Å². The van der Waals surface area contributed by atoms with E-state index in [9.17, 15) is 4.79 Å². The first-order valence-corrected chi connectivity index (χ1v) is 9.23. The van der Waals surface area contributed by atoms with Crippen LogP contribution in [0.15, 0.2) is 79.1 Å².